The third-order valence-corrected chi connectivity index (χ3v) is 6.72. The molecule has 5 nitrogen and oxygen atoms in total. The molecule has 0 unspecified atom stereocenters. The van der Waals surface area contributed by atoms with Crippen LogP contribution in [0.15, 0.2) is 66.1 Å². The van der Waals surface area contributed by atoms with E-state index in [1.54, 1.807) is 35.6 Å². The number of halogens is 2. The zero-order valence-corrected chi connectivity index (χ0v) is 18.3. The molecule has 2 aromatic carbocycles. The average molecular weight is 461 g/mol. The molecule has 9 heteroatoms. The quantitative estimate of drug-likeness (QED) is 0.326. The number of anilines is 1. The first kappa shape index (κ1) is 20.8. The molecule has 2 aromatic heterocycles. The molecule has 2 heterocycles. The first-order chi connectivity index (χ1) is 14.6. The molecule has 0 saturated heterocycles. The maximum atomic E-state index is 14.1. The standard InChI is InChI=1S/C21H18ClFN4OS2/c22-15-5-7-16(8-6-15)29-13-19(28)27(11-2-10-26-12-9-24-14-26)21-25-20-17(23)3-1-4-18(20)30-21/h1,3-9,12,14H,2,10-11,13H2. The van der Waals surface area contributed by atoms with Crippen molar-refractivity contribution in [1.82, 2.24) is 14.5 Å². The van der Waals surface area contributed by atoms with Gasteiger partial charge in [-0.15, -0.1) is 11.8 Å². The number of hydrogen-bond acceptors (Lipinski definition) is 5. The van der Waals surface area contributed by atoms with E-state index in [2.05, 4.69) is 9.97 Å². The number of para-hydroxylation sites is 1. The molecule has 30 heavy (non-hydrogen) atoms. The van der Waals surface area contributed by atoms with E-state index >= 15 is 0 Å². The molecule has 0 fully saturated rings. The lowest BCUT2D eigenvalue weighted by Crippen LogP contribution is -2.33. The highest BCUT2D eigenvalue weighted by atomic mass is 35.5. The average Bonchev–Trinajstić information content (AvgIpc) is 3.41. The van der Waals surface area contributed by atoms with Gasteiger partial charge in [0.2, 0.25) is 5.91 Å². The normalized spacial score (nSPS) is 11.1. The van der Waals surface area contributed by atoms with Crippen molar-refractivity contribution in [1.29, 1.82) is 0 Å². The van der Waals surface area contributed by atoms with Crippen molar-refractivity contribution in [3.05, 3.63) is 72.0 Å². The van der Waals surface area contributed by atoms with Crippen LogP contribution in [0.3, 0.4) is 0 Å². The molecule has 0 saturated carbocycles. The number of benzene rings is 2. The number of amides is 1. The van der Waals surface area contributed by atoms with Crippen molar-refractivity contribution in [2.75, 3.05) is 17.2 Å². The van der Waals surface area contributed by atoms with E-state index < -0.39 is 0 Å². The van der Waals surface area contributed by atoms with Gasteiger partial charge in [-0.1, -0.05) is 29.0 Å². The molecule has 0 atom stereocenters. The van der Waals surface area contributed by atoms with Crippen LogP contribution in [0, 0.1) is 5.82 Å². The SMILES string of the molecule is O=C(CSc1ccc(Cl)cc1)N(CCCn1ccnc1)c1nc2c(F)cccc2s1. The summed E-state index contributed by atoms with van der Waals surface area (Å²) in [6, 6.07) is 12.2. The van der Waals surface area contributed by atoms with E-state index in [0.29, 0.717) is 22.2 Å². The predicted molar refractivity (Wildman–Crippen MR) is 121 cm³/mol. The number of nitrogens with zero attached hydrogens (tertiary/aromatic N) is 4. The third-order valence-electron chi connectivity index (χ3n) is 4.42. The van der Waals surface area contributed by atoms with Crippen LogP contribution in [0.25, 0.3) is 10.2 Å². The van der Waals surface area contributed by atoms with E-state index in [1.807, 2.05) is 29.0 Å². The van der Waals surface area contributed by atoms with Gasteiger partial charge < -0.3 is 4.57 Å². The first-order valence-corrected chi connectivity index (χ1v) is 11.5. The van der Waals surface area contributed by atoms with Gasteiger partial charge in [-0.2, -0.15) is 0 Å². The minimum absolute atomic E-state index is 0.0694. The molecule has 154 valence electrons. The minimum Gasteiger partial charge on any atom is -0.337 e. The fraction of sp³-hybridized carbons (Fsp3) is 0.190. The third kappa shape index (κ3) is 5.00. The highest BCUT2D eigenvalue weighted by Gasteiger charge is 2.20. The molecule has 4 aromatic rings. The Kier molecular flexibility index (Phi) is 6.66. The fourth-order valence-electron chi connectivity index (χ4n) is 2.93. The van der Waals surface area contributed by atoms with Gasteiger partial charge in [0.15, 0.2) is 5.13 Å². The Balaban J connectivity index is 1.51. The summed E-state index contributed by atoms with van der Waals surface area (Å²) in [6.45, 7) is 1.22. The minimum atomic E-state index is -0.378. The molecule has 0 bridgehead atoms. The molecule has 0 aliphatic heterocycles. The van der Waals surface area contributed by atoms with Gasteiger partial charge in [-0.05, 0) is 42.8 Å². The smallest absolute Gasteiger partial charge is 0.239 e. The van der Waals surface area contributed by atoms with Gasteiger partial charge in [-0.3, -0.25) is 9.69 Å². The van der Waals surface area contributed by atoms with Gasteiger partial charge >= 0.3 is 0 Å². The van der Waals surface area contributed by atoms with E-state index in [1.165, 1.54) is 29.2 Å². The largest absolute Gasteiger partial charge is 0.337 e. The Hall–Kier alpha value is -2.42. The number of fused-ring (bicyclic) bond motifs is 1. The van der Waals surface area contributed by atoms with Crippen molar-refractivity contribution >= 4 is 56.0 Å². The Morgan fingerprint density at radius 1 is 1.23 bits per heavy atom. The first-order valence-electron chi connectivity index (χ1n) is 9.30. The van der Waals surface area contributed by atoms with Crippen LogP contribution in [-0.4, -0.2) is 32.7 Å². The van der Waals surface area contributed by atoms with Crippen LogP contribution in [-0.2, 0) is 11.3 Å². The van der Waals surface area contributed by atoms with Gasteiger partial charge in [0.25, 0.3) is 0 Å². The number of aromatic nitrogens is 3. The fourth-order valence-corrected chi connectivity index (χ4v) is 4.85. The Labute approximate surface area is 186 Å². The second kappa shape index (κ2) is 9.59. The molecule has 0 spiro atoms. The number of carbonyl (C=O) groups excluding carboxylic acids is 1. The molecule has 1 amide bonds. The number of carbonyl (C=O) groups is 1. The van der Waals surface area contributed by atoms with Gasteiger partial charge in [-0.25, -0.2) is 14.4 Å². The summed E-state index contributed by atoms with van der Waals surface area (Å²) in [5.41, 5.74) is 0.301. The van der Waals surface area contributed by atoms with Gasteiger partial charge in [0, 0.05) is 35.4 Å². The van der Waals surface area contributed by atoms with E-state index in [0.717, 1.165) is 22.6 Å². The molecule has 4 rings (SSSR count). The van der Waals surface area contributed by atoms with Crippen molar-refractivity contribution in [2.45, 2.75) is 17.9 Å². The number of aryl methyl sites for hydroxylation is 1. The van der Waals surface area contributed by atoms with Crippen molar-refractivity contribution in [2.24, 2.45) is 0 Å². The molecule has 0 radical (unpaired) electrons. The lowest BCUT2D eigenvalue weighted by atomic mass is 10.3. The number of thiazole rings is 1. The van der Waals surface area contributed by atoms with E-state index in [-0.39, 0.29) is 17.5 Å². The van der Waals surface area contributed by atoms with Crippen LogP contribution in [0.2, 0.25) is 5.02 Å². The molecular formula is C21H18ClFN4OS2. The summed E-state index contributed by atoms with van der Waals surface area (Å²) in [7, 11) is 0. The molecule has 0 aliphatic rings. The van der Waals surface area contributed by atoms with Crippen molar-refractivity contribution in [3.8, 4) is 0 Å². The van der Waals surface area contributed by atoms with Crippen molar-refractivity contribution in [3.63, 3.8) is 0 Å². The summed E-state index contributed by atoms with van der Waals surface area (Å²) < 4.78 is 16.8. The summed E-state index contributed by atoms with van der Waals surface area (Å²) in [4.78, 5) is 24.1. The Morgan fingerprint density at radius 3 is 2.80 bits per heavy atom. The van der Waals surface area contributed by atoms with Crippen LogP contribution >= 0.6 is 34.7 Å². The summed E-state index contributed by atoms with van der Waals surface area (Å²) in [5.74, 6) is -0.193. The van der Waals surface area contributed by atoms with Crippen LogP contribution < -0.4 is 4.90 Å². The Bertz CT molecular complexity index is 1130. The number of imidazole rings is 1. The topological polar surface area (TPSA) is 51.0 Å². The summed E-state index contributed by atoms with van der Waals surface area (Å²) >= 11 is 8.69. The number of thioether (sulfide) groups is 1. The van der Waals surface area contributed by atoms with Crippen LogP contribution in [0.4, 0.5) is 9.52 Å². The highest BCUT2D eigenvalue weighted by molar-refractivity contribution is 8.00. The highest BCUT2D eigenvalue weighted by Crippen LogP contribution is 2.31. The molecule has 0 aliphatic carbocycles. The second-order valence-electron chi connectivity index (χ2n) is 6.53. The Morgan fingerprint density at radius 2 is 2.07 bits per heavy atom. The molecule has 0 N–H and O–H groups in total. The number of hydrogen-bond donors (Lipinski definition) is 0. The zero-order chi connectivity index (χ0) is 20.9. The monoisotopic (exact) mass is 460 g/mol. The number of rotatable bonds is 8. The predicted octanol–water partition coefficient (Wildman–Crippen LogP) is 5.50. The molecular weight excluding hydrogens is 443 g/mol. The zero-order valence-electron chi connectivity index (χ0n) is 15.9. The lowest BCUT2D eigenvalue weighted by Gasteiger charge is -2.20. The summed E-state index contributed by atoms with van der Waals surface area (Å²) in [6.07, 6.45) is 6.08. The van der Waals surface area contributed by atoms with Crippen LogP contribution in [0.1, 0.15) is 6.42 Å². The maximum Gasteiger partial charge on any atom is 0.239 e. The van der Waals surface area contributed by atoms with Gasteiger partial charge in [0.1, 0.15) is 11.3 Å². The van der Waals surface area contributed by atoms with Crippen LogP contribution in [0.5, 0.6) is 0 Å². The van der Waals surface area contributed by atoms with E-state index in [9.17, 15) is 9.18 Å². The van der Waals surface area contributed by atoms with Gasteiger partial charge in [0.05, 0.1) is 16.8 Å². The lowest BCUT2D eigenvalue weighted by molar-refractivity contribution is -0.116. The maximum absolute atomic E-state index is 14.1. The van der Waals surface area contributed by atoms with E-state index in [4.69, 9.17) is 11.6 Å². The summed E-state index contributed by atoms with van der Waals surface area (Å²) in [5, 5.41) is 1.17. The van der Waals surface area contributed by atoms with Crippen molar-refractivity contribution < 1.29 is 9.18 Å². The second-order valence-corrected chi connectivity index (χ2v) is 9.02.